The minimum Gasteiger partial charge on any atom is -0.496 e. The molecule has 4 rings (SSSR count). The van der Waals surface area contributed by atoms with Crippen LogP contribution in [0.2, 0.25) is 5.02 Å². The highest BCUT2D eigenvalue weighted by molar-refractivity contribution is 6.31. The standard InChI is InChI=1S/C29H22ClN3O5/c1-37-26-15-14-22(30)17-24(26)28(35)32-23-12-7-11-20(16-23)27(34)33-31-18-21-10-5-6-13-25(21)38-29(36)19-8-3-2-4-9-19/h2-18H,1H3,(H,32,35)(H,33,34). The van der Waals surface area contributed by atoms with E-state index < -0.39 is 17.8 Å². The number of nitrogens with one attached hydrogen (secondary N) is 2. The quantitative estimate of drug-likeness (QED) is 0.135. The first-order valence-corrected chi connectivity index (χ1v) is 11.8. The van der Waals surface area contributed by atoms with Gasteiger partial charge >= 0.3 is 5.97 Å². The van der Waals surface area contributed by atoms with Crippen molar-refractivity contribution in [2.75, 3.05) is 12.4 Å². The summed E-state index contributed by atoms with van der Waals surface area (Å²) in [6.45, 7) is 0. The number of nitrogens with zero attached hydrogens (tertiary/aromatic N) is 1. The fraction of sp³-hybridized carbons (Fsp3) is 0.0345. The maximum atomic E-state index is 12.7. The number of hydrogen-bond donors (Lipinski definition) is 2. The molecule has 0 unspecified atom stereocenters. The number of esters is 1. The van der Waals surface area contributed by atoms with Crippen LogP contribution < -0.4 is 20.2 Å². The Morgan fingerprint density at radius 3 is 2.32 bits per heavy atom. The minimum absolute atomic E-state index is 0.256. The van der Waals surface area contributed by atoms with Crippen LogP contribution in [0, 0.1) is 0 Å². The number of benzene rings is 4. The Balaban J connectivity index is 1.42. The van der Waals surface area contributed by atoms with Crippen LogP contribution in [0.25, 0.3) is 0 Å². The molecule has 8 nitrogen and oxygen atoms in total. The molecule has 4 aromatic carbocycles. The van der Waals surface area contributed by atoms with Gasteiger partial charge in [-0.05, 0) is 60.7 Å². The van der Waals surface area contributed by atoms with Gasteiger partial charge in [0.2, 0.25) is 0 Å². The number of hydrogen-bond acceptors (Lipinski definition) is 6. The Morgan fingerprint density at radius 2 is 1.53 bits per heavy atom. The van der Waals surface area contributed by atoms with Crippen LogP contribution in [0.15, 0.2) is 102 Å². The van der Waals surface area contributed by atoms with Gasteiger partial charge in [0.1, 0.15) is 11.5 Å². The van der Waals surface area contributed by atoms with Crippen LogP contribution in [-0.4, -0.2) is 31.1 Å². The van der Waals surface area contributed by atoms with Gasteiger partial charge < -0.3 is 14.8 Å². The number of carbonyl (C=O) groups is 3. The van der Waals surface area contributed by atoms with Crippen LogP contribution in [0.5, 0.6) is 11.5 Å². The second kappa shape index (κ2) is 12.3. The summed E-state index contributed by atoms with van der Waals surface area (Å²) in [7, 11) is 1.46. The Hall–Kier alpha value is -4.95. The van der Waals surface area contributed by atoms with Crippen LogP contribution in [0.4, 0.5) is 5.69 Å². The van der Waals surface area contributed by atoms with Gasteiger partial charge in [0.05, 0.1) is 24.5 Å². The summed E-state index contributed by atoms with van der Waals surface area (Å²) >= 11 is 6.02. The lowest BCUT2D eigenvalue weighted by molar-refractivity contribution is 0.0734. The van der Waals surface area contributed by atoms with Crippen molar-refractivity contribution in [1.29, 1.82) is 0 Å². The van der Waals surface area contributed by atoms with Crippen LogP contribution >= 0.6 is 11.6 Å². The number of halogens is 1. The maximum absolute atomic E-state index is 12.7. The van der Waals surface area contributed by atoms with Gasteiger partial charge in [-0.3, -0.25) is 9.59 Å². The number of para-hydroxylation sites is 1. The monoisotopic (exact) mass is 527 g/mol. The van der Waals surface area contributed by atoms with E-state index in [1.54, 1.807) is 84.9 Å². The summed E-state index contributed by atoms with van der Waals surface area (Å²) in [4.78, 5) is 37.8. The molecular weight excluding hydrogens is 506 g/mol. The first kappa shape index (κ1) is 26.1. The minimum atomic E-state index is -0.509. The molecule has 0 radical (unpaired) electrons. The lowest BCUT2D eigenvalue weighted by Gasteiger charge is -2.10. The number of carbonyl (C=O) groups excluding carboxylic acids is 3. The number of rotatable bonds is 8. The van der Waals surface area contributed by atoms with Crippen LogP contribution in [0.1, 0.15) is 36.6 Å². The molecule has 0 atom stereocenters. The van der Waals surface area contributed by atoms with Gasteiger partial charge in [0, 0.05) is 21.8 Å². The average Bonchev–Trinajstić information content (AvgIpc) is 2.94. The van der Waals surface area contributed by atoms with E-state index in [1.165, 1.54) is 25.5 Å². The van der Waals surface area contributed by atoms with Crippen LogP contribution in [0.3, 0.4) is 0 Å². The highest BCUT2D eigenvalue weighted by atomic mass is 35.5. The molecule has 0 aliphatic heterocycles. The molecule has 0 aromatic heterocycles. The zero-order valence-corrected chi connectivity index (χ0v) is 20.9. The SMILES string of the molecule is COc1ccc(Cl)cc1C(=O)Nc1cccc(C(=O)NN=Cc2ccccc2OC(=O)c2ccccc2)c1. The number of anilines is 1. The number of amides is 2. The third-order valence-electron chi connectivity index (χ3n) is 5.29. The number of methoxy groups -OCH3 is 1. The Morgan fingerprint density at radius 1 is 0.789 bits per heavy atom. The molecule has 0 saturated carbocycles. The average molecular weight is 528 g/mol. The van der Waals surface area contributed by atoms with Crippen molar-refractivity contribution < 1.29 is 23.9 Å². The highest BCUT2D eigenvalue weighted by Gasteiger charge is 2.15. The zero-order valence-electron chi connectivity index (χ0n) is 20.2. The third kappa shape index (κ3) is 6.63. The van der Waals surface area contributed by atoms with Gasteiger partial charge in [-0.1, -0.05) is 48.0 Å². The summed E-state index contributed by atoms with van der Waals surface area (Å²) in [5.41, 5.74) is 4.26. The van der Waals surface area contributed by atoms with Gasteiger partial charge in [0.15, 0.2) is 0 Å². The molecule has 2 N–H and O–H groups in total. The molecule has 0 aliphatic rings. The molecule has 0 bridgehead atoms. The molecule has 0 saturated heterocycles. The third-order valence-corrected chi connectivity index (χ3v) is 5.52. The lowest BCUT2D eigenvalue weighted by Crippen LogP contribution is -2.18. The lowest BCUT2D eigenvalue weighted by atomic mass is 10.1. The largest absolute Gasteiger partial charge is 0.496 e. The van der Waals surface area contributed by atoms with Crippen molar-refractivity contribution in [3.8, 4) is 11.5 Å². The molecule has 0 aliphatic carbocycles. The van der Waals surface area contributed by atoms with Crippen molar-refractivity contribution in [3.05, 3.63) is 124 Å². The fourth-order valence-corrected chi connectivity index (χ4v) is 3.60. The van der Waals surface area contributed by atoms with Crippen molar-refractivity contribution in [2.45, 2.75) is 0 Å². The summed E-state index contributed by atoms with van der Waals surface area (Å²) < 4.78 is 10.7. The summed E-state index contributed by atoms with van der Waals surface area (Å²) in [5, 5.41) is 7.11. The predicted molar refractivity (Wildman–Crippen MR) is 145 cm³/mol. The number of ether oxygens (including phenoxy) is 2. The van der Waals surface area contributed by atoms with E-state index in [9.17, 15) is 14.4 Å². The van der Waals surface area contributed by atoms with E-state index in [2.05, 4.69) is 15.8 Å². The second-order valence-corrected chi connectivity index (χ2v) is 8.31. The van der Waals surface area contributed by atoms with Gasteiger partial charge in [0.25, 0.3) is 11.8 Å². The number of hydrazone groups is 1. The van der Waals surface area contributed by atoms with Gasteiger partial charge in [-0.15, -0.1) is 0 Å². The van der Waals surface area contributed by atoms with E-state index >= 15 is 0 Å². The van der Waals surface area contributed by atoms with Gasteiger partial charge in [-0.25, -0.2) is 10.2 Å². The molecular formula is C29H22ClN3O5. The van der Waals surface area contributed by atoms with Crippen molar-refractivity contribution in [2.24, 2.45) is 5.10 Å². The Labute approximate surface area is 223 Å². The normalized spacial score (nSPS) is 10.6. The van der Waals surface area contributed by atoms with Gasteiger partial charge in [-0.2, -0.15) is 5.10 Å². The smallest absolute Gasteiger partial charge is 0.343 e. The van der Waals surface area contributed by atoms with E-state index in [1.807, 2.05) is 0 Å². The van der Waals surface area contributed by atoms with Crippen LogP contribution in [-0.2, 0) is 0 Å². The zero-order chi connectivity index (χ0) is 26.9. The van der Waals surface area contributed by atoms with Crippen molar-refractivity contribution in [1.82, 2.24) is 5.43 Å². The summed E-state index contributed by atoms with van der Waals surface area (Å²) in [6, 6.07) is 26.5. The molecule has 0 spiro atoms. The Bertz CT molecular complexity index is 1510. The van der Waals surface area contributed by atoms with Crippen molar-refractivity contribution in [3.63, 3.8) is 0 Å². The fourth-order valence-electron chi connectivity index (χ4n) is 3.43. The Kier molecular flexibility index (Phi) is 8.48. The molecule has 0 fully saturated rings. The summed E-state index contributed by atoms with van der Waals surface area (Å²) in [6.07, 6.45) is 1.38. The molecule has 4 aromatic rings. The second-order valence-electron chi connectivity index (χ2n) is 7.87. The van der Waals surface area contributed by atoms with Crippen molar-refractivity contribution >= 4 is 41.3 Å². The molecule has 0 heterocycles. The van der Waals surface area contributed by atoms with E-state index in [0.717, 1.165) is 0 Å². The van der Waals surface area contributed by atoms with E-state index in [4.69, 9.17) is 21.1 Å². The molecule has 2 amide bonds. The highest BCUT2D eigenvalue weighted by Crippen LogP contribution is 2.24. The van der Waals surface area contributed by atoms with E-state index in [0.29, 0.717) is 33.3 Å². The topological polar surface area (TPSA) is 106 Å². The summed E-state index contributed by atoms with van der Waals surface area (Å²) in [5.74, 6) is -0.798. The predicted octanol–water partition coefficient (Wildman–Crippen LogP) is 5.58. The van der Waals surface area contributed by atoms with E-state index in [-0.39, 0.29) is 11.1 Å². The first-order chi connectivity index (χ1) is 18.4. The first-order valence-electron chi connectivity index (χ1n) is 11.4. The maximum Gasteiger partial charge on any atom is 0.343 e. The molecule has 38 heavy (non-hydrogen) atoms. The molecule has 9 heteroatoms. The molecule has 190 valence electrons.